The van der Waals surface area contributed by atoms with E-state index in [1.165, 1.54) is 6.07 Å². The molecule has 0 aliphatic rings. The predicted octanol–water partition coefficient (Wildman–Crippen LogP) is 2.74. The third-order valence-corrected chi connectivity index (χ3v) is 3.06. The van der Waals surface area contributed by atoms with E-state index in [0.29, 0.717) is 11.3 Å². The van der Waals surface area contributed by atoms with Crippen molar-refractivity contribution < 1.29 is 22.1 Å². The van der Waals surface area contributed by atoms with Gasteiger partial charge >= 0.3 is 6.18 Å². The molecule has 1 aromatic carbocycles. The van der Waals surface area contributed by atoms with Gasteiger partial charge in [0.25, 0.3) is 5.82 Å². The largest absolute Gasteiger partial charge is 0.455 e. The van der Waals surface area contributed by atoms with Gasteiger partial charge in [0.1, 0.15) is 11.3 Å². The van der Waals surface area contributed by atoms with Crippen molar-refractivity contribution in [3.8, 4) is 0 Å². The fourth-order valence-electron chi connectivity index (χ4n) is 2.10. The third-order valence-electron chi connectivity index (χ3n) is 3.06. The number of H-pyrrole nitrogens is 1. The molecule has 0 saturated heterocycles. The predicted molar refractivity (Wildman–Crippen MR) is 70.5 cm³/mol. The van der Waals surface area contributed by atoms with Gasteiger partial charge in [-0.1, -0.05) is 11.2 Å². The van der Waals surface area contributed by atoms with Gasteiger partial charge in [-0.3, -0.25) is 4.90 Å². The average Bonchev–Trinajstić information content (AvgIpc) is 3.05. The lowest BCUT2D eigenvalue weighted by Gasteiger charge is -2.11. The van der Waals surface area contributed by atoms with Gasteiger partial charge in [-0.05, 0) is 19.2 Å². The van der Waals surface area contributed by atoms with Gasteiger partial charge < -0.3 is 9.51 Å². The van der Waals surface area contributed by atoms with Crippen LogP contribution in [0.5, 0.6) is 0 Å². The van der Waals surface area contributed by atoms with Crippen LogP contribution in [0, 0.1) is 5.82 Å². The summed E-state index contributed by atoms with van der Waals surface area (Å²) in [5, 5.41) is 2.88. The van der Waals surface area contributed by atoms with E-state index in [4.69, 9.17) is 0 Å². The van der Waals surface area contributed by atoms with E-state index in [1.807, 2.05) is 0 Å². The minimum atomic E-state index is -4.64. The number of hydrogen-bond donors (Lipinski definition) is 1. The summed E-state index contributed by atoms with van der Waals surface area (Å²) in [6.07, 6.45) is -4.64. The van der Waals surface area contributed by atoms with Crippen LogP contribution in [0.1, 0.15) is 17.5 Å². The first-order chi connectivity index (χ1) is 10.8. The Balaban J connectivity index is 1.70. The second-order valence-corrected chi connectivity index (χ2v) is 5.00. The van der Waals surface area contributed by atoms with Crippen LogP contribution in [0.2, 0.25) is 0 Å². The van der Waals surface area contributed by atoms with Crippen molar-refractivity contribution in [2.75, 3.05) is 7.05 Å². The number of nitrogens with one attached hydrogen (secondary N) is 1. The van der Waals surface area contributed by atoms with E-state index >= 15 is 0 Å². The highest BCUT2D eigenvalue weighted by Crippen LogP contribution is 2.26. The van der Waals surface area contributed by atoms with Crippen LogP contribution >= 0.6 is 0 Å². The number of nitrogens with zero attached hydrogens (tertiary/aromatic N) is 4. The summed E-state index contributed by atoms with van der Waals surface area (Å²) in [6.45, 7) is 0.250. The smallest absolute Gasteiger partial charge is 0.341 e. The molecule has 23 heavy (non-hydrogen) atoms. The Bertz CT molecular complexity index is 825. The Kier molecular flexibility index (Phi) is 3.76. The van der Waals surface area contributed by atoms with Crippen molar-refractivity contribution in [1.29, 1.82) is 0 Å². The molecule has 0 spiro atoms. The Morgan fingerprint density at radius 1 is 1.22 bits per heavy atom. The highest BCUT2D eigenvalue weighted by Gasteiger charge is 2.37. The lowest BCUT2D eigenvalue weighted by molar-refractivity contribution is -0.146. The first-order valence-corrected chi connectivity index (χ1v) is 6.54. The highest BCUT2D eigenvalue weighted by atomic mass is 19.4. The van der Waals surface area contributed by atoms with E-state index in [-0.39, 0.29) is 24.5 Å². The third kappa shape index (κ3) is 3.31. The second-order valence-electron chi connectivity index (χ2n) is 5.00. The molecule has 2 aromatic heterocycles. The fraction of sp³-hybridized carbons (Fsp3) is 0.308. The molecule has 0 aliphatic carbocycles. The Hall–Kier alpha value is -2.49. The van der Waals surface area contributed by atoms with Crippen molar-refractivity contribution in [2.45, 2.75) is 19.3 Å². The number of para-hydroxylation sites is 1. The topological polar surface area (TPSA) is 70.8 Å². The van der Waals surface area contributed by atoms with Crippen molar-refractivity contribution in [3.05, 3.63) is 41.6 Å². The molecule has 0 amide bonds. The molecule has 3 aromatic rings. The Morgan fingerprint density at radius 2 is 2.00 bits per heavy atom. The van der Waals surface area contributed by atoms with E-state index in [1.54, 1.807) is 24.1 Å². The van der Waals surface area contributed by atoms with E-state index in [9.17, 15) is 17.6 Å². The lowest BCUT2D eigenvalue weighted by Crippen LogP contribution is -2.18. The summed E-state index contributed by atoms with van der Waals surface area (Å²) in [5.74, 6) is -1.45. The summed E-state index contributed by atoms with van der Waals surface area (Å²) in [5.41, 5.74) is 0.763. The molecular formula is C13H11F4N5O. The monoisotopic (exact) mass is 329 g/mol. The van der Waals surface area contributed by atoms with Crippen LogP contribution < -0.4 is 0 Å². The van der Waals surface area contributed by atoms with Crippen LogP contribution in [0.15, 0.2) is 22.7 Å². The van der Waals surface area contributed by atoms with Crippen LogP contribution in [0.4, 0.5) is 17.6 Å². The van der Waals surface area contributed by atoms with Crippen molar-refractivity contribution >= 4 is 11.0 Å². The summed E-state index contributed by atoms with van der Waals surface area (Å²) < 4.78 is 55.3. The van der Waals surface area contributed by atoms with Gasteiger partial charge in [0.05, 0.1) is 18.6 Å². The maximum absolute atomic E-state index is 13.6. The van der Waals surface area contributed by atoms with Gasteiger partial charge in [0, 0.05) is 0 Å². The number of fused-ring (bicyclic) bond motifs is 1. The molecule has 6 nitrogen and oxygen atoms in total. The number of alkyl halides is 3. The molecule has 0 saturated carbocycles. The van der Waals surface area contributed by atoms with Crippen LogP contribution in [0.3, 0.4) is 0 Å². The second kappa shape index (κ2) is 5.61. The lowest BCUT2D eigenvalue weighted by atomic mass is 10.3. The quantitative estimate of drug-likeness (QED) is 0.745. The number of rotatable bonds is 4. The van der Waals surface area contributed by atoms with Gasteiger partial charge in [-0.2, -0.15) is 18.2 Å². The zero-order valence-electron chi connectivity index (χ0n) is 11.9. The molecule has 10 heteroatoms. The average molecular weight is 329 g/mol. The van der Waals surface area contributed by atoms with Crippen molar-refractivity contribution in [2.24, 2.45) is 0 Å². The first-order valence-electron chi connectivity index (χ1n) is 6.54. The normalized spacial score (nSPS) is 12.4. The minimum Gasteiger partial charge on any atom is -0.341 e. The number of hydrogen-bond acceptors (Lipinski definition) is 5. The Morgan fingerprint density at radius 3 is 2.65 bits per heavy atom. The molecule has 0 radical (unpaired) electrons. The minimum absolute atomic E-state index is 0.00259. The summed E-state index contributed by atoms with van der Waals surface area (Å²) >= 11 is 0. The van der Waals surface area contributed by atoms with Crippen molar-refractivity contribution in [1.82, 2.24) is 25.0 Å². The zero-order chi connectivity index (χ0) is 16.6. The number of aromatic amines is 1. The fourth-order valence-corrected chi connectivity index (χ4v) is 2.10. The van der Waals surface area contributed by atoms with Crippen molar-refractivity contribution in [3.63, 3.8) is 0 Å². The SMILES string of the molecule is CN(Cc1nc2c(F)cccc2[nH]1)Cc1nc(C(F)(F)F)no1. The van der Waals surface area contributed by atoms with Gasteiger partial charge in [0.15, 0.2) is 5.82 Å². The van der Waals surface area contributed by atoms with Gasteiger partial charge in [-0.15, -0.1) is 0 Å². The summed E-state index contributed by atoms with van der Waals surface area (Å²) in [4.78, 5) is 12.0. The summed E-state index contributed by atoms with van der Waals surface area (Å²) in [7, 11) is 1.64. The standard InChI is InChI=1S/C13H11F4N5O/c1-22(6-10-20-12(21-23-10)13(15,16)17)5-9-18-8-4-2-3-7(14)11(8)19-9/h2-4H,5-6H2,1H3,(H,18,19). The van der Waals surface area contributed by atoms with E-state index in [0.717, 1.165) is 0 Å². The molecule has 2 heterocycles. The molecule has 0 unspecified atom stereocenters. The van der Waals surface area contributed by atoms with Crippen LogP contribution in [-0.4, -0.2) is 32.1 Å². The van der Waals surface area contributed by atoms with Gasteiger partial charge in [0.2, 0.25) is 5.89 Å². The maximum Gasteiger partial charge on any atom is 0.455 e. The molecule has 0 bridgehead atoms. The molecule has 1 N–H and O–H groups in total. The molecular weight excluding hydrogens is 318 g/mol. The van der Waals surface area contributed by atoms with Crippen LogP contribution in [-0.2, 0) is 19.3 Å². The number of benzene rings is 1. The first kappa shape index (κ1) is 15.4. The summed E-state index contributed by atoms with van der Waals surface area (Å²) in [6, 6.07) is 4.54. The molecule has 0 fully saturated rings. The maximum atomic E-state index is 13.6. The Labute approximate surface area is 127 Å². The number of aromatic nitrogens is 4. The molecule has 0 aliphatic heterocycles. The van der Waals surface area contributed by atoms with Crippen LogP contribution in [0.25, 0.3) is 11.0 Å². The number of imidazole rings is 1. The van der Waals surface area contributed by atoms with E-state index < -0.39 is 17.8 Å². The molecule has 122 valence electrons. The number of halogens is 4. The molecule has 3 rings (SSSR count). The zero-order valence-corrected chi connectivity index (χ0v) is 11.9. The van der Waals surface area contributed by atoms with Gasteiger partial charge in [-0.25, -0.2) is 9.37 Å². The van der Waals surface area contributed by atoms with E-state index in [2.05, 4.69) is 24.6 Å². The highest BCUT2D eigenvalue weighted by molar-refractivity contribution is 5.75. The molecule has 0 atom stereocenters.